The van der Waals surface area contributed by atoms with E-state index >= 15 is 0 Å². The Morgan fingerprint density at radius 1 is 1.23 bits per heavy atom. The Morgan fingerprint density at radius 3 is 2.77 bits per heavy atom. The minimum absolute atomic E-state index is 0.249. The van der Waals surface area contributed by atoms with E-state index in [2.05, 4.69) is 16.5 Å². The number of fused-ring (bicyclic) bond motifs is 1. The molecule has 0 aliphatic carbocycles. The Morgan fingerprint density at radius 2 is 2.06 bits per heavy atom. The number of nitrogens with zero attached hydrogens (tertiary/aromatic N) is 4. The molecule has 0 unspecified atom stereocenters. The SMILES string of the molecule is CCCCn1c(SCc2coc(-c3cccs3)n2)nc2cc(S(=O)(=O)N(C)C)ccc21. The van der Waals surface area contributed by atoms with Gasteiger partial charge in [0.2, 0.25) is 15.9 Å². The second-order valence-corrected chi connectivity index (χ2v) is 11.3. The van der Waals surface area contributed by atoms with E-state index in [1.54, 1.807) is 41.5 Å². The number of unbranched alkanes of at least 4 members (excludes halogenated alkanes) is 1. The fourth-order valence-corrected chi connectivity index (χ4v) is 5.62. The molecule has 0 bridgehead atoms. The van der Waals surface area contributed by atoms with Crippen LogP contribution in [0.15, 0.2) is 56.4 Å². The number of hydrogen-bond acceptors (Lipinski definition) is 7. The van der Waals surface area contributed by atoms with Gasteiger partial charge in [-0.25, -0.2) is 22.7 Å². The molecule has 7 nitrogen and oxygen atoms in total. The lowest BCUT2D eigenvalue weighted by Gasteiger charge is -2.11. The first-order valence-corrected chi connectivity index (χ1v) is 13.2. The average molecular weight is 477 g/mol. The summed E-state index contributed by atoms with van der Waals surface area (Å²) in [6, 6.07) is 9.11. The number of rotatable bonds is 9. The highest BCUT2D eigenvalue weighted by atomic mass is 32.2. The molecule has 0 atom stereocenters. The minimum Gasteiger partial charge on any atom is -0.444 e. The summed E-state index contributed by atoms with van der Waals surface area (Å²) in [6.45, 7) is 2.98. The second-order valence-electron chi connectivity index (χ2n) is 7.25. The molecule has 0 aliphatic heterocycles. The molecule has 0 radical (unpaired) electrons. The van der Waals surface area contributed by atoms with Crippen LogP contribution in [0, 0.1) is 0 Å². The summed E-state index contributed by atoms with van der Waals surface area (Å²) in [5.41, 5.74) is 2.47. The average Bonchev–Trinajstić information content (AvgIpc) is 3.49. The third-order valence-corrected chi connectivity index (χ3v) is 8.51. The topological polar surface area (TPSA) is 81.2 Å². The van der Waals surface area contributed by atoms with Gasteiger partial charge >= 0.3 is 0 Å². The van der Waals surface area contributed by atoms with Crippen molar-refractivity contribution in [3.05, 3.63) is 47.7 Å². The third kappa shape index (κ3) is 4.57. The summed E-state index contributed by atoms with van der Waals surface area (Å²) in [7, 11) is -0.446. The molecular weight excluding hydrogens is 452 g/mol. The van der Waals surface area contributed by atoms with Gasteiger partial charge in [0.05, 0.1) is 26.5 Å². The van der Waals surface area contributed by atoms with Crippen molar-refractivity contribution < 1.29 is 12.8 Å². The lowest BCUT2D eigenvalue weighted by Crippen LogP contribution is -2.22. The Balaban J connectivity index is 1.62. The van der Waals surface area contributed by atoms with Gasteiger partial charge in [0.1, 0.15) is 6.26 Å². The van der Waals surface area contributed by atoms with Gasteiger partial charge < -0.3 is 8.98 Å². The van der Waals surface area contributed by atoms with Gasteiger partial charge in [-0.3, -0.25) is 0 Å². The molecule has 3 heterocycles. The predicted octanol–water partition coefficient (Wildman–Crippen LogP) is 5.10. The summed E-state index contributed by atoms with van der Waals surface area (Å²) in [4.78, 5) is 10.6. The molecule has 10 heteroatoms. The van der Waals surface area contributed by atoms with Crippen molar-refractivity contribution in [3.8, 4) is 10.8 Å². The van der Waals surface area contributed by atoms with Crippen molar-refractivity contribution >= 4 is 44.2 Å². The highest BCUT2D eigenvalue weighted by Crippen LogP contribution is 2.30. The van der Waals surface area contributed by atoms with E-state index < -0.39 is 10.0 Å². The number of benzene rings is 1. The van der Waals surface area contributed by atoms with E-state index in [0.717, 1.165) is 40.6 Å². The molecule has 0 aliphatic rings. The zero-order valence-electron chi connectivity index (χ0n) is 17.6. The first kappa shape index (κ1) is 22.1. The highest BCUT2D eigenvalue weighted by molar-refractivity contribution is 7.98. The number of thioether (sulfide) groups is 1. The van der Waals surface area contributed by atoms with E-state index in [1.807, 2.05) is 23.6 Å². The number of sulfonamides is 1. The van der Waals surface area contributed by atoms with E-state index in [4.69, 9.17) is 9.40 Å². The van der Waals surface area contributed by atoms with Crippen LogP contribution in [-0.2, 0) is 22.3 Å². The molecule has 4 rings (SSSR count). The molecule has 0 amide bonds. The van der Waals surface area contributed by atoms with Crippen LogP contribution in [0.2, 0.25) is 0 Å². The summed E-state index contributed by atoms with van der Waals surface area (Å²) < 4.78 is 34.0. The van der Waals surface area contributed by atoms with Crippen LogP contribution >= 0.6 is 23.1 Å². The molecule has 4 aromatic rings. The Kier molecular flexibility index (Phi) is 6.52. The van der Waals surface area contributed by atoms with Gasteiger partial charge in [-0.15, -0.1) is 11.3 Å². The number of hydrogen-bond donors (Lipinski definition) is 0. The molecule has 3 aromatic heterocycles. The van der Waals surface area contributed by atoms with Crippen LogP contribution < -0.4 is 0 Å². The van der Waals surface area contributed by atoms with Crippen molar-refractivity contribution in [2.75, 3.05) is 14.1 Å². The summed E-state index contributed by atoms with van der Waals surface area (Å²) in [5, 5.41) is 2.85. The number of oxazole rings is 1. The van der Waals surface area contributed by atoms with E-state index in [-0.39, 0.29) is 4.90 Å². The molecule has 31 heavy (non-hydrogen) atoms. The second kappa shape index (κ2) is 9.15. The highest BCUT2D eigenvalue weighted by Gasteiger charge is 2.20. The van der Waals surface area contributed by atoms with Crippen LogP contribution in [0.1, 0.15) is 25.5 Å². The Bertz CT molecular complexity index is 1270. The molecule has 0 fully saturated rings. The van der Waals surface area contributed by atoms with Gasteiger partial charge in [-0.2, -0.15) is 0 Å². The van der Waals surface area contributed by atoms with Gasteiger partial charge in [-0.1, -0.05) is 31.2 Å². The largest absolute Gasteiger partial charge is 0.444 e. The maximum Gasteiger partial charge on any atom is 0.242 e. The quantitative estimate of drug-likeness (QED) is 0.313. The summed E-state index contributed by atoms with van der Waals surface area (Å²) in [5.74, 6) is 1.25. The lowest BCUT2D eigenvalue weighted by molar-refractivity contribution is 0.521. The number of aryl methyl sites for hydroxylation is 1. The van der Waals surface area contributed by atoms with E-state index in [1.165, 1.54) is 18.4 Å². The fraction of sp³-hybridized carbons (Fsp3) is 0.333. The van der Waals surface area contributed by atoms with Gasteiger partial charge in [0.15, 0.2) is 5.16 Å². The monoisotopic (exact) mass is 476 g/mol. The van der Waals surface area contributed by atoms with Crippen LogP contribution in [0.25, 0.3) is 21.8 Å². The van der Waals surface area contributed by atoms with Crippen LogP contribution in [-0.4, -0.2) is 41.4 Å². The standard InChI is InChI=1S/C21H24N4O3S3/c1-4-5-10-25-18-9-8-16(31(26,27)24(2)3)12-17(18)23-21(25)30-14-15-13-28-20(22-15)19-7-6-11-29-19/h6-9,11-13H,4-5,10,14H2,1-3H3. The van der Waals surface area contributed by atoms with Crippen molar-refractivity contribution in [2.24, 2.45) is 0 Å². The number of thiophene rings is 1. The predicted molar refractivity (Wildman–Crippen MR) is 125 cm³/mol. The summed E-state index contributed by atoms with van der Waals surface area (Å²) >= 11 is 3.17. The fourth-order valence-electron chi connectivity index (χ4n) is 3.13. The molecule has 0 saturated heterocycles. The van der Waals surface area contributed by atoms with Crippen molar-refractivity contribution in [2.45, 2.75) is 42.1 Å². The first-order valence-electron chi connectivity index (χ1n) is 9.94. The van der Waals surface area contributed by atoms with Crippen molar-refractivity contribution in [3.63, 3.8) is 0 Å². The first-order chi connectivity index (χ1) is 14.9. The Labute approximate surface area is 190 Å². The lowest BCUT2D eigenvalue weighted by atomic mass is 10.3. The Hall–Kier alpha value is -2.14. The summed E-state index contributed by atoms with van der Waals surface area (Å²) in [6.07, 6.45) is 3.76. The van der Waals surface area contributed by atoms with Crippen LogP contribution in [0.4, 0.5) is 0 Å². The van der Waals surface area contributed by atoms with Gasteiger partial charge in [0.25, 0.3) is 0 Å². The molecule has 0 spiro atoms. The number of aromatic nitrogens is 3. The maximum absolute atomic E-state index is 12.5. The third-order valence-electron chi connectivity index (χ3n) is 4.83. The minimum atomic E-state index is -3.51. The zero-order chi connectivity index (χ0) is 22.0. The number of imidazole rings is 1. The molecule has 0 N–H and O–H groups in total. The smallest absolute Gasteiger partial charge is 0.242 e. The van der Waals surface area contributed by atoms with Gasteiger partial charge in [-0.05, 0) is 36.1 Å². The van der Waals surface area contributed by atoms with E-state index in [0.29, 0.717) is 17.2 Å². The van der Waals surface area contributed by atoms with Gasteiger partial charge in [0, 0.05) is 26.4 Å². The maximum atomic E-state index is 12.5. The molecular formula is C21H24N4O3S3. The van der Waals surface area contributed by atoms with Crippen molar-refractivity contribution in [1.29, 1.82) is 0 Å². The van der Waals surface area contributed by atoms with Crippen LogP contribution in [0.5, 0.6) is 0 Å². The normalized spacial score (nSPS) is 12.3. The molecule has 164 valence electrons. The zero-order valence-corrected chi connectivity index (χ0v) is 20.1. The molecule has 1 aromatic carbocycles. The molecule has 0 saturated carbocycles. The van der Waals surface area contributed by atoms with E-state index in [9.17, 15) is 8.42 Å². The van der Waals surface area contributed by atoms with Crippen molar-refractivity contribution in [1.82, 2.24) is 18.8 Å². The van der Waals surface area contributed by atoms with Crippen LogP contribution in [0.3, 0.4) is 0 Å².